The van der Waals surface area contributed by atoms with Crippen LogP contribution >= 0.6 is 0 Å². The Morgan fingerprint density at radius 2 is 1.91 bits per heavy atom. The molecule has 0 amide bonds. The molecule has 0 N–H and O–H groups in total. The largest absolute Gasteiger partial charge is 0.489 e. The summed E-state index contributed by atoms with van der Waals surface area (Å²) in [5.74, 6) is 0.997. The molecule has 1 aromatic carbocycles. The van der Waals surface area contributed by atoms with E-state index in [1.807, 2.05) is 32.9 Å². The molecule has 9 heteroatoms. The maximum absolute atomic E-state index is 12.8. The molecule has 0 spiro atoms. The zero-order valence-corrected chi connectivity index (χ0v) is 19.6. The van der Waals surface area contributed by atoms with E-state index in [2.05, 4.69) is 10.1 Å². The Hall–Kier alpha value is -3.36. The first kappa shape index (κ1) is 25.3. The van der Waals surface area contributed by atoms with Crippen molar-refractivity contribution in [2.24, 2.45) is 0 Å². The fourth-order valence-electron chi connectivity index (χ4n) is 3.58. The van der Waals surface area contributed by atoms with Crippen molar-refractivity contribution in [2.45, 2.75) is 59.1 Å². The monoisotopic (exact) mass is 475 g/mol. The summed E-state index contributed by atoms with van der Waals surface area (Å²) in [7, 11) is 0. The fourth-order valence-corrected chi connectivity index (χ4v) is 3.58. The SMILES string of the molecule is CCc1cccc(OC(C)=O)c1OCCCc1cn(-c2ccc(C(F)(F)F)cn2)nc1C(C)C. The lowest BCUT2D eigenvalue weighted by Crippen LogP contribution is -2.07. The van der Waals surface area contributed by atoms with Crippen molar-refractivity contribution in [3.8, 4) is 17.3 Å². The molecule has 34 heavy (non-hydrogen) atoms. The minimum Gasteiger partial charge on any atom is -0.489 e. The van der Waals surface area contributed by atoms with Crippen LogP contribution in [0.3, 0.4) is 0 Å². The van der Waals surface area contributed by atoms with Gasteiger partial charge in [0.05, 0.1) is 17.9 Å². The number of carbonyl (C=O) groups is 1. The van der Waals surface area contributed by atoms with Gasteiger partial charge in [0, 0.05) is 19.3 Å². The first-order chi connectivity index (χ1) is 16.1. The molecule has 0 saturated heterocycles. The lowest BCUT2D eigenvalue weighted by atomic mass is 10.0. The van der Waals surface area contributed by atoms with Gasteiger partial charge in [-0.2, -0.15) is 18.3 Å². The van der Waals surface area contributed by atoms with Crippen LogP contribution < -0.4 is 9.47 Å². The summed E-state index contributed by atoms with van der Waals surface area (Å²) in [6.07, 6.45) is 0.236. The van der Waals surface area contributed by atoms with Crippen LogP contribution in [0.4, 0.5) is 13.2 Å². The smallest absolute Gasteiger partial charge is 0.417 e. The van der Waals surface area contributed by atoms with Crippen LogP contribution in [0.2, 0.25) is 0 Å². The minimum atomic E-state index is -4.43. The summed E-state index contributed by atoms with van der Waals surface area (Å²) in [5, 5.41) is 4.56. The van der Waals surface area contributed by atoms with Crippen LogP contribution in [0, 0.1) is 0 Å². The van der Waals surface area contributed by atoms with Gasteiger partial charge in [-0.05, 0) is 54.5 Å². The van der Waals surface area contributed by atoms with E-state index in [4.69, 9.17) is 9.47 Å². The highest BCUT2D eigenvalue weighted by atomic mass is 19.4. The highest BCUT2D eigenvalue weighted by Gasteiger charge is 2.30. The number of benzene rings is 1. The van der Waals surface area contributed by atoms with Gasteiger partial charge in [0.2, 0.25) is 0 Å². The Labute approximate surface area is 196 Å². The Balaban J connectivity index is 1.71. The highest BCUT2D eigenvalue weighted by Crippen LogP contribution is 2.32. The van der Waals surface area contributed by atoms with E-state index in [1.165, 1.54) is 17.7 Å². The lowest BCUT2D eigenvalue weighted by Gasteiger charge is -2.14. The fraction of sp³-hybridized carbons (Fsp3) is 0.400. The quantitative estimate of drug-likeness (QED) is 0.219. The summed E-state index contributed by atoms with van der Waals surface area (Å²) >= 11 is 0. The summed E-state index contributed by atoms with van der Waals surface area (Å²) in [5.41, 5.74) is 1.98. The number of ether oxygens (including phenoxy) is 2. The summed E-state index contributed by atoms with van der Waals surface area (Å²) in [6.45, 7) is 7.76. The van der Waals surface area contributed by atoms with Crippen LogP contribution in [-0.4, -0.2) is 27.3 Å². The van der Waals surface area contributed by atoms with E-state index < -0.39 is 17.7 Å². The second kappa shape index (κ2) is 10.7. The predicted octanol–water partition coefficient (Wildman–Crippen LogP) is 5.91. The molecule has 0 bridgehead atoms. The number of hydrogen-bond donors (Lipinski definition) is 0. The highest BCUT2D eigenvalue weighted by molar-refractivity contribution is 5.70. The zero-order chi connectivity index (χ0) is 24.9. The predicted molar refractivity (Wildman–Crippen MR) is 121 cm³/mol. The van der Waals surface area contributed by atoms with Crippen molar-refractivity contribution in [3.63, 3.8) is 0 Å². The van der Waals surface area contributed by atoms with Gasteiger partial charge in [-0.25, -0.2) is 9.67 Å². The van der Waals surface area contributed by atoms with Gasteiger partial charge in [-0.3, -0.25) is 4.79 Å². The molecule has 0 radical (unpaired) electrons. The average Bonchev–Trinajstić information content (AvgIpc) is 3.21. The molecular weight excluding hydrogens is 447 g/mol. The second-order valence-corrected chi connectivity index (χ2v) is 8.19. The Kier molecular flexibility index (Phi) is 7.96. The number of alkyl halides is 3. The summed E-state index contributed by atoms with van der Waals surface area (Å²) in [6, 6.07) is 7.76. The van der Waals surface area contributed by atoms with Crippen molar-refractivity contribution < 1.29 is 27.4 Å². The number of esters is 1. The van der Waals surface area contributed by atoms with E-state index in [0.29, 0.717) is 36.8 Å². The molecular formula is C25H28F3N3O3. The van der Waals surface area contributed by atoms with Gasteiger partial charge in [0.25, 0.3) is 0 Å². The van der Waals surface area contributed by atoms with E-state index >= 15 is 0 Å². The second-order valence-electron chi connectivity index (χ2n) is 8.19. The van der Waals surface area contributed by atoms with Gasteiger partial charge in [-0.15, -0.1) is 0 Å². The zero-order valence-electron chi connectivity index (χ0n) is 19.6. The standard InChI is InChI=1S/C25H28F3N3O3/c1-5-18-8-6-10-21(34-17(4)32)24(18)33-13-7-9-19-15-31(30-23(19)16(2)3)22-12-11-20(14-29-22)25(26,27)28/h6,8,10-12,14-16H,5,7,9,13H2,1-4H3. The van der Waals surface area contributed by atoms with Crippen molar-refractivity contribution in [3.05, 3.63) is 65.1 Å². The lowest BCUT2D eigenvalue weighted by molar-refractivity contribution is -0.138. The van der Waals surface area contributed by atoms with E-state index in [1.54, 1.807) is 12.3 Å². The van der Waals surface area contributed by atoms with Gasteiger partial charge >= 0.3 is 12.1 Å². The van der Waals surface area contributed by atoms with Gasteiger partial charge in [0.15, 0.2) is 17.3 Å². The van der Waals surface area contributed by atoms with Crippen molar-refractivity contribution in [1.29, 1.82) is 0 Å². The van der Waals surface area contributed by atoms with E-state index in [0.717, 1.165) is 35.5 Å². The van der Waals surface area contributed by atoms with E-state index in [-0.39, 0.29) is 5.92 Å². The molecule has 0 aliphatic rings. The number of pyridine rings is 1. The summed E-state index contributed by atoms with van der Waals surface area (Å²) < 4.78 is 51.3. The van der Waals surface area contributed by atoms with Crippen LogP contribution in [0.25, 0.3) is 5.82 Å². The minimum absolute atomic E-state index is 0.128. The number of para-hydroxylation sites is 1. The first-order valence-electron chi connectivity index (χ1n) is 11.1. The van der Waals surface area contributed by atoms with Crippen molar-refractivity contribution in [1.82, 2.24) is 14.8 Å². The molecule has 0 unspecified atom stereocenters. The molecule has 0 fully saturated rings. The number of carbonyl (C=O) groups excluding carboxylic acids is 1. The van der Waals surface area contributed by atoms with E-state index in [9.17, 15) is 18.0 Å². The average molecular weight is 476 g/mol. The van der Waals surface area contributed by atoms with Crippen LogP contribution in [0.15, 0.2) is 42.7 Å². The maximum atomic E-state index is 12.8. The molecule has 0 aliphatic heterocycles. The molecule has 2 heterocycles. The number of hydrogen-bond acceptors (Lipinski definition) is 5. The maximum Gasteiger partial charge on any atom is 0.417 e. The normalized spacial score (nSPS) is 11.6. The number of rotatable bonds is 9. The first-order valence-corrected chi connectivity index (χ1v) is 11.1. The molecule has 3 rings (SSSR count). The molecule has 3 aromatic rings. The molecule has 6 nitrogen and oxygen atoms in total. The van der Waals surface area contributed by atoms with Crippen LogP contribution in [-0.2, 0) is 23.8 Å². The molecule has 2 aromatic heterocycles. The third-order valence-electron chi connectivity index (χ3n) is 5.21. The van der Waals surface area contributed by atoms with Gasteiger partial charge < -0.3 is 9.47 Å². The number of nitrogens with zero attached hydrogens (tertiary/aromatic N) is 3. The molecule has 182 valence electrons. The van der Waals surface area contributed by atoms with Crippen molar-refractivity contribution in [2.75, 3.05) is 6.61 Å². The molecule has 0 saturated carbocycles. The van der Waals surface area contributed by atoms with Crippen molar-refractivity contribution >= 4 is 5.97 Å². The summed E-state index contributed by atoms with van der Waals surface area (Å²) in [4.78, 5) is 15.4. The Morgan fingerprint density at radius 1 is 1.15 bits per heavy atom. The number of aryl methyl sites for hydroxylation is 2. The Bertz CT molecular complexity index is 1120. The van der Waals surface area contributed by atoms with Gasteiger partial charge in [-0.1, -0.05) is 32.9 Å². The number of halogens is 3. The van der Waals surface area contributed by atoms with Gasteiger partial charge in [0.1, 0.15) is 0 Å². The topological polar surface area (TPSA) is 66.2 Å². The molecule has 0 atom stereocenters. The van der Waals surface area contributed by atoms with Crippen LogP contribution in [0.1, 0.15) is 62.4 Å². The Morgan fingerprint density at radius 3 is 2.50 bits per heavy atom. The third kappa shape index (κ3) is 6.15. The third-order valence-corrected chi connectivity index (χ3v) is 5.21. The van der Waals surface area contributed by atoms with Crippen LogP contribution in [0.5, 0.6) is 11.5 Å². The number of aromatic nitrogens is 3. The molecule has 0 aliphatic carbocycles.